The fourth-order valence-electron chi connectivity index (χ4n) is 3.89. The molecule has 0 saturated heterocycles. The third kappa shape index (κ3) is 1.48. The lowest BCUT2D eigenvalue weighted by Crippen LogP contribution is -1.92. The third-order valence-corrected chi connectivity index (χ3v) is 4.88. The van der Waals surface area contributed by atoms with Gasteiger partial charge in [-0.05, 0) is 39.1 Å². The Morgan fingerprint density at radius 3 is 1.83 bits per heavy atom. The van der Waals surface area contributed by atoms with E-state index in [4.69, 9.17) is 10.5 Å². The van der Waals surface area contributed by atoms with E-state index in [2.05, 4.69) is 54.6 Å². The van der Waals surface area contributed by atoms with Crippen LogP contribution in [0.4, 0.5) is 5.69 Å². The molecule has 0 aliphatic carbocycles. The molecule has 0 heterocycles. The Balaban J connectivity index is 2.22. The number of nitrogen functional groups attached to an aromatic ring is 1. The van der Waals surface area contributed by atoms with Crippen LogP contribution in [0.15, 0.2) is 60.7 Å². The second-order valence-electron chi connectivity index (χ2n) is 5.97. The van der Waals surface area contributed by atoms with Gasteiger partial charge in [-0.2, -0.15) is 0 Å². The van der Waals surface area contributed by atoms with E-state index in [0.29, 0.717) is 0 Å². The lowest BCUT2D eigenvalue weighted by atomic mass is 9.89. The number of rotatable bonds is 1. The van der Waals surface area contributed by atoms with Gasteiger partial charge in [-0.3, -0.25) is 0 Å². The van der Waals surface area contributed by atoms with Gasteiger partial charge < -0.3 is 10.5 Å². The molecule has 2 nitrogen and oxygen atoms in total. The van der Waals surface area contributed by atoms with Crippen LogP contribution in [0.2, 0.25) is 0 Å². The highest BCUT2D eigenvalue weighted by atomic mass is 16.5. The molecule has 2 heteroatoms. The van der Waals surface area contributed by atoms with Gasteiger partial charge in [0.05, 0.1) is 7.11 Å². The quantitative estimate of drug-likeness (QED) is 0.258. The van der Waals surface area contributed by atoms with E-state index in [1.807, 2.05) is 6.07 Å². The summed E-state index contributed by atoms with van der Waals surface area (Å²) < 4.78 is 5.57. The van der Waals surface area contributed by atoms with Gasteiger partial charge in [-0.1, -0.05) is 48.5 Å². The molecule has 0 saturated carbocycles. The zero-order valence-electron chi connectivity index (χ0n) is 12.8. The maximum atomic E-state index is 6.22. The van der Waals surface area contributed by atoms with Gasteiger partial charge in [0.25, 0.3) is 0 Å². The summed E-state index contributed by atoms with van der Waals surface area (Å²) in [6.07, 6.45) is 0. The maximum absolute atomic E-state index is 6.22. The monoisotopic (exact) mass is 297 g/mol. The van der Waals surface area contributed by atoms with Crippen LogP contribution in [0.1, 0.15) is 0 Å². The van der Waals surface area contributed by atoms with Gasteiger partial charge in [-0.25, -0.2) is 0 Å². The van der Waals surface area contributed by atoms with Crippen molar-refractivity contribution in [2.75, 3.05) is 12.8 Å². The van der Waals surface area contributed by atoms with E-state index < -0.39 is 0 Å². The second-order valence-corrected chi connectivity index (χ2v) is 5.97. The number of hydrogen-bond donors (Lipinski definition) is 1. The van der Waals surface area contributed by atoms with Crippen LogP contribution in [0.25, 0.3) is 43.1 Å². The largest absolute Gasteiger partial charge is 0.496 e. The normalized spacial score (nSPS) is 11.9. The smallest absolute Gasteiger partial charge is 0.126 e. The van der Waals surface area contributed by atoms with Crippen molar-refractivity contribution >= 4 is 48.8 Å². The van der Waals surface area contributed by atoms with Gasteiger partial charge in [0.1, 0.15) is 5.75 Å². The average Bonchev–Trinajstić information content (AvgIpc) is 2.60. The molecule has 0 radical (unpaired) electrons. The first-order chi connectivity index (χ1) is 11.3. The van der Waals surface area contributed by atoms with Gasteiger partial charge in [0.2, 0.25) is 0 Å². The predicted octanol–water partition coefficient (Wildman–Crippen LogP) is 5.33. The number of anilines is 1. The summed E-state index contributed by atoms with van der Waals surface area (Å²) in [4.78, 5) is 0. The van der Waals surface area contributed by atoms with Crippen LogP contribution in [-0.2, 0) is 0 Å². The van der Waals surface area contributed by atoms with Gasteiger partial charge in [0.15, 0.2) is 0 Å². The predicted molar refractivity (Wildman–Crippen MR) is 98.6 cm³/mol. The minimum Gasteiger partial charge on any atom is -0.496 e. The van der Waals surface area contributed by atoms with E-state index in [1.165, 1.54) is 32.3 Å². The third-order valence-electron chi connectivity index (χ3n) is 4.88. The molecule has 5 aromatic carbocycles. The zero-order valence-corrected chi connectivity index (χ0v) is 12.8. The van der Waals surface area contributed by atoms with Crippen LogP contribution >= 0.6 is 0 Å². The van der Waals surface area contributed by atoms with Crippen molar-refractivity contribution in [3.8, 4) is 5.75 Å². The summed E-state index contributed by atoms with van der Waals surface area (Å²) in [6, 6.07) is 21.1. The minimum absolute atomic E-state index is 0.828. The molecule has 0 amide bonds. The molecule has 0 atom stereocenters. The molecule has 5 aromatic rings. The van der Waals surface area contributed by atoms with Crippen molar-refractivity contribution in [2.24, 2.45) is 0 Å². The number of ether oxygens (including phenoxy) is 1. The van der Waals surface area contributed by atoms with Crippen molar-refractivity contribution in [1.82, 2.24) is 0 Å². The Kier molecular flexibility index (Phi) is 2.32. The lowest BCUT2D eigenvalue weighted by Gasteiger charge is -2.16. The number of hydrogen-bond acceptors (Lipinski definition) is 2. The summed E-state index contributed by atoms with van der Waals surface area (Å²) in [5, 5.41) is 9.78. The van der Waals surface area contributed by atoms with E-state index in [1.54, 1.807) is 7.11 Å². The molecule has 0 fully saturated rings. The first-order valence-corrected chi connectivity index (χ1v) is 7.71. The molecule has 0 aromatic heterocycles. The second kappa shape index (κ2) is 4.26. The van der Waals surface area contributed by atoms with Crippen LogP contribution in [0.3, 0.4) is 0 Å². The van der Waals surface area contributed by atoms with Crippen molar-refractivity contribution in [2.45, 2.75) is 0 Å². The molecule has 0 unspecified atom stereocenters. The highest BCUT2D eigenvalue weighted by Gasteiger charge is 2.15. The lowest BCUT2D eigenvalue weighted by molar-refractivity contribution is 0.420. The molecule has 5 rings (SSSR count). The molecular formula is C21H15NO. The summed E-state index contributed by atoms with van der Waals surface area (Å²) in [5.74, 6) is 0.914. The summed E-state index contributed by atoms with van der Waals surface area (Å²) in [6.45, 7) is 0. The number of nitrogens with two attached hydrogens (primary N) is 1. The Morgan fingerprint density at radius 2 is 1.13 bits per heavy atom. The zero-order chi connectivity index (χ0) is 15.6. The first-order valence-electron chi connectivity index (χ1n) is 7.71. The Morgan fingerprint density at radius 1 is 0.609 bits per heavy atom. The maximum Gasteiger partial charge on any atom is 0.126 e. The van der Waals surface area contributed by atoms with Crippen LogP contribution in [-0.4, -0.2) is 7.11 Å². The molecule has 0 spiro atoms. The topological polar surface area (TPSA) is 35.2 Å². The molecule has 23 heavy (non-hydrogen) atoms. The first kappa shape index (κ1) is 12.5. The fraction of sp³-hybridized carbons (Fsp3) is 0.0476. The molecular weight excluding hydrogens is 282 g/mol. The Labute approximate surface area is 133 Å². The Hall–Kier alpha value is -3.00. The van der Waals surface area contributed by atoms with Crippen LogP contribution < -0.4 is 10.5 Å². The van der Waals surface area contributed by atoms with Crippen LogP contribution in [0.5, 0.6) is 5.75 Å². The Bertz CT molecular complexity index is 1190. The number of fused-ring (bicyclic) bond motifs is 2. The molecule has 0 aliphatic heterocycles. The highest BCUT2D eigenvalue weighted by Crippen LogP contribution is 2.43. The molecule has 110 valence electrons. The van der Waals surface area contributed by atoms with Crippen LogP contribution in [0, 0.1) is 0 Å². The van der Waals surface area contributed by atoms with E-state index in [-0.39, 0.29) is 0 Å². The summed E-state index contributed by atoms with van der Waals surface area (Å²) in [5.41, 5.74) is 7.04. The van der Waals surface area contributed by atoms with Gasteiger partial charge in [-0.15, -0.1) is 0 Å². The molecule has 2 N–H and O–H groups in total. The number of methoxy groups -OCH3 is 1. The standard InChI is InChI=1S/C21H15NO/c1-23-19-11-9-15-12-4-2-6-16-18(22)10-8-14(20(12)16)13-5-3-7-17(19)21(13)15/h2-11H,22H2,1H3. The van der Waals surface area contributed by atoms with Crippen molar-refractivity contribution in [1.29, 1.82) is 0 Å². The van der Waals surface area contributed by atoms with Crippen molar-refractivity contribution in [3.05, 3.63) is 60.7 Å². The molecule has 0 aliphatic rings. The van der Waals surface area contributed by atoms with E-state index >= 15 is 0 Å². The summed E-state index contributed by atoms with van der Waals surface area (Å²) >= 11 is 0. The number of benzene rings is 5. The highest BCUT2D eigenvalue weighted by molar-refractivity contribution is 6.34. The van der Waals surface area contributed by atoms with Gasteiger partial charge in [0, 0.05) is 21.8 Å². The van der Waals surface area contributed by atoms with E-state index in [0.717, 1.165) is 22.2 Å². The summed E-state index contributed by atoms with van der Waals surface area (Å²) in [7, 11) is 1.72. The van der Waals surface area contributed by atoms with Crippen molar-refractivity contribution < 1.29 is 4.74 Å². The SMILES string of the molecule is COc1ccc2c3cccc4c(N)ccc(c5cccc1c52)c43. The fourth-order valence-corrected chi connectivity index (χ4v) is 3.89. The minimum atomic E-state index is 0.828. The van der Waals surface area contributed by atoms with Gasteiger partial charge >= 0.3 is 0 Å². The van der Waals surface area contributed by atoms with Crippen molar-refractivity contribution in [3.63, 3.8) is 0 Å². The average molecular weight is 297 g/mol. The molecule has 0 bridgehead atoms. The van der Waals surface area contributed by atoms with E-state index in [9.17, 15) is 0 Å².